The fourth-order valence-corrected chi connectivity index (χ4v) is 4.42. The minimum absolute atomic E-state index is 0.0513. The summed E-state index contributed by atoms with van der Waals surface area (Å²) in [5.74, 6) is -0.223. The first kappa shape index (κ1) is 19.8. The van der Waals surface area contributed by atoms with Gasteiger partial charge in [0.05, 0.1) is 17.0 Å². The Hall–Kier alpha value is -2.91. The number of benzene rings is 2. The fraction of sp³-hybridized carbons (Fsp3) is 0.158. The zero-order valence-electron chi connectivity index (χ0n) is 15.4. The van der Waals surface area contributed by atoms with E-state index in [1.807, 2.05) is 43.3 Å². The molecule has 2 aromatic carbocycles. The molecular formula is C19H20N4O3S2. The first-order valence-electron chi connectivity index (χ1n) is 8.43. The van der Waals surface area contributed by atoms with Crippen LogP contribution in [0.25, 0.3) is 0 Å². The quantitative estimate of drug-likeness (QED) is 0.617. The van der Waals surface area contributed by atoms with Gasteiger partial charge in [0.25, 0.3) is 10.0 Å². The maximum atomic E-state index is 12.3. The summed E-state index contributed by atoms with van der Waals surface area (Å²) < 4.78 is 27.1. The van der Waals surface area contributed by atoms with Crippen LogP contribution in [0.3, 0.4) is 0 Å². The normalized spacial score (nSPS) is 11.1. The molecule has 7 nitrogen and oxygen atoms in total. The molecule has 0 unspecified atom stereocenters. The number of thiazole rings is 1. The number of sulfonamides is 1. The molecule has 0 aliphatic heterocycles. The van der Waals surface area contributed by atoms with Crippen molar-refractivity contribution < 1.29 is 13.2 Å². The van der Waals surface area contributed by atoms with Gasteiger partial charge in [-0.1, -0.05) is 24.3 Å². The number of carbonyl (C=O) groups excluding carboxylic acids is 1. The summed E-state index contributed by atoms with van der Waals surface area (Å²) in [7, 11) is 0.152. The zero-order chi connectivity index (χ0) is 20.1. The number of carbonyl (C=O) groups is 1. The molecule has 0 saturated heterocycles. The van der Waals surface area contributed by atoms with Crippen LogP contribution in [0, 0.1) is 0 Å². The largest absolute Gasteiger partial charge is 0.378 e. The number of aromatic nitrogens is 1. The van der Waals surface area contributed by atoms with Gasteiger partial charge >= 0.3 is 0 Å². The van der Waals surface area contributed by atoms with E-state index < -0.39 is 10.0 Å². The topological polar surface area (TPSA) is 91.4 Å². The molecule has 0 bridgehead atoms. The van der Waals surface area contributed by atoms with E-state index in [2.05, 4.69) is 15.0 Å². The second kappa shape index (κ2) is 8.41. The van der Waals surface area contributed by atoms with E-state index >= 15 is 0 Å². The molecule has 0 saturated carbocycles. The molecule has 2 N–H and O–H groups in total. The summed E-state index contributed by atoms with van der Waals surface area (Å²) in [6, 6.07) is 15.6. The van der Waals surface area contributed by atoms with E-state index in [1.54, 1.807) is 23.6 Å². The number of hydrogen-bond acceptors (Lipinski definition) is 6. The Kier molecular flexibility index (Phi) is 5.96. The summed E-state index contributed by atoms with van der Waals surface area (Å²) in [6.07, 6.45) is 0.0513. The lowest BCUT2D eigenvalue weighted by atomic mass is 10.2. The Morgan fingerprint density at radius 2 is 1.86 bits per heavy atom. The summed E-state index contributed by atoms with van der Waals surface area (Å²) in [6.45, 7) is 0. The minimum atomic E-state index is -3.70. The molecule has 0 radical (unpaired) electrons. The van der Waals surface area contributed by atoms with Crippen molar-refractivity contribution in [1.29, 1.82) is 0 Å². The van der Waals surface area contributed by atoms with E-state index in [-0.39, 0.29) is 22.4 Å². The fourth-order valence-electron chi connectivity index (χ4n) is 2.44. The highest BCUT2D eigenvalue weighted by Gasteiger charge is 2.16. The van der Waals surface area contributed by atoms with Crippen molar-refractivity contribution in [1.82, 2.24) is 4.98 Å². The molecular weight excluding hydrogens is 396 g/mol. The van der Waals surface area contributed by atoms with Gasteiger partial charge in [0.15, 0.2) is 5.13 Å². The summed E-state index contributed by atoms with van der Waals surface area (Å²) >= 11 is 1.14. The maximum Gasteiger partial charge on any atom is 0.263 e. The van der Waals surface area contributed by atoms with Gasteiger partial charge < -0.3 is 10.2 Å². The molecule has 0 aliphatic carbocycles. The van der Waals surface area contributed by atoms with Gasteiger partial charge in [-0.2, -0.15) is 0 Å². The van der Waals surface area contributed by atoms with Gasteiger partial charge in [0, 0.05) is 30.9 Å². The third kappa shape index (κ3) is 5.08. The van der Waals surface area contributed by atoms with Gasteiger partial charge in [-0.25, -0.2) is 13.4 Å². The Morgan fingerprint density at radius 3 is 2.57 bits per heavy atom. The summed E-state index contributed by atoms with van der Waals surface area (Å²) in [5, 5.41) is 4.72. The highest BCUT2D eigenvalue weighted by molar-refractivity contribution is 7.93. The Morgan fingerprint density at radius 1 is 1.11 bits per heavy atom. The van der Waals surface area contributed by atoms with Crippen LogP contribution >= 0.6 is 11.3 Å². The Labute approximate surface area is 168 Å². The number of amides is 1. The lowest BCUT2D eigenvalue weighted by molar-refractivity contribution is -0.115. The molecule has 146 valence electrons. The van der Waals surface area contributed by atoms with E-state index in [4.69, 9.17) is 0 Å². The molecule has 1 amide bonds. The maximum absolute atomic E-state index is 12.3. The molecule has 3 aromatic rings. The van der Waals surface area contributed by atoms with Gasteiger partial charge in [-0.3, -0.25) is 9.52 Å². The zero-order valence-corrected chi connectivity index (χ0v) is 17.0. The van der Waals surface area contributed by atoms with Crippen molar-refractivity contribution in [2.75, 3.05) is 29.0 Å². The van der Waals surface area contributed by atoms with Gasteiger partial charge in [-0.05, 0) is 30.3 Å². The second-order valence-electron chi connectivity index (χ2n) is 6.23. The summed E-state index contributed by atoms with van der Waals surface area (Å²) in [5.41, 5.74) is 2.16. The number of nitrogens with zero attached hydrogens (tertiary/aromatic N) is 2. The predicted octanol–water partition coefficient (Wildman–Crippen LogP) is 3.19. The van der Waals surface area contributed by atoms with Crippen LogP contribution in [0.1, 0.15) is 5.69 Å². The van der Waals surface area contributed by atoms with Gasteiger partial charge in [0.1, 0.15) is 0 Å². The third-order valence-electron chi connectivity index (χ3n) is 3.81. The molecule has 0 spiro atoms. The molecule has 0 aliphatic rings. The van der Waals surface area contributed by atoms with E-state index in [0.717, 1.165) is 17.0 Å². The van der Waals surface area contributed by atoms with Crippen LogP contribution in [0.2, 0.25) is 0 Å². The number of nitrogens with one attached hydrogen (secondary N) is 2. The molecule has 1 heterocycles. The van der Waals surface area contributed by atoms with Crippen LogP contribution in [-0.2, 0) is 21.2 Å². The van der Waals surface area contributed by atoms with Gasteiger partial charge in [-0.15, -0.1) is 11.3 Å². The monoisotopic (exact) mass is 416 g/mol. The Bertz CT molecular complexity index is 1060. The molecule has 3 rings (SSSR count). The number of anilines is 3. The van der Waals surface area contributed by atoms with Crippen molar-refractivity contribution in [2.45, 2.75) is 11.3 Å². The Balaban J connectivity index is 1.63. The van der Waals surface area contributed by atoms with Crippen molar-refractivity contribution in [3.8, 4) is 0 Å². The molecule has 0 atom stereocenters. The van der Waals surface area contributed by atoms with Crippen LogP contribution in [-0.4, -0.2) is 33.4 Å². The standard InChI is InChI=1S/C19H20N4O3S2/c1-23(2)16-8-6-7-14(11-16)20-18(24)12-15-13-27-19(21-15)22-28(25,26)17-9-4-3-5-10-17/h3-11,13H,12H2,1-2H3,(H,20,24)(H,21,22). The average Bonchev–Trinajstić information content (AvgIpc) is 3.08. The van der Waals surface area contributed by atoms with Crippen LogP contribution in [0.15, 0.2) is 64.9 Å². The van der Waals surface area contributed by atoms with E-state index in [1.165, 1.54) is 12.1 Å². The van der Waals surface area contributed by atoms with Crippen molar-refractivity contribution in [3.63, 3.8) is 0 Å². The number of rotatable bonds is 7. The van der Waals surface area contributed by atoms with E-state index in [0.29, 0.717) is 11.4 Å². The number of hydrogen-bond donors (Lipinski definition) is 2. The second-order valence-corrected chi connectivity index (χ2v) is 8.77. The van der Waals surface area contributed by atoms with E-state index in [9.17, 15) is 13.2 Å². The van der Waals surface area contributed by atoms with Crippen molar-refractivity contribution >= 4 is 43.8 Å². The van der Waals surface area contributed by atoms with Crippen LogP contribution < -0.4 is 14.9 Å². The first-order valence-corrected chi connectivity index (χ1v) is 10.8. The highest BCUT2D eigenvalue weighted by atomic mass is 32.2. The predicted molar refractivity (Wildman–Crippen MR) is 112 cm³/mol. The smallest absolute Gasteiger partial charge is 0.263 e. The lowest BCUT2D eigenvalue weighted by Gasteiger charge is -2.13. The SMILES string of the molecule is CN(C)c1cccc(NC(=O)Cc2csc(NS(=O)(=O)c3ccccc3)n2)c1. The highest BCUT2D eigenvalue weighted by Crippen LogP contribution is 2.21. The van der Waals surface area contributed by atoms with Crippen molar-refractivity contribution in [2.24, 2.45) is 0 Å². The molecule has 9 heteroatoms. The molecule has 0 fully saturated rings. The molecule has 1 aromatic heterocycles. The van der Waals surface area contributed by atoms with Crippen LogP contribution in [0.5, 0.6) is 0 Å². The lowest BCUT2D eigenvalue weighted by Crippen LogP contribution is -2.16. The average molecular weight is 417 g/mol. The van der Waals surface area contributed by atoms with Crippen molar-refractivity contribution in [3.05, 3.63) is 65.7 Å². The first-order chi connectivity index (χ1) is 13.3. The minimum Gasteiger partial charge on any atom is -0.378 e. The summed E-state index contributed by atoms with van der Waals surface area (Å²) in [4.78, 5) is 18.6. The third-order valence-corrected chi connectivity index (χ3v) is 6.11. The van der Waals surface area contributed by atoms with Crippen LogP contribution in [0.4, 0.5) is 16.5 Å². The molecule has 28 heavy (non-hydrogen) atoms. The van der Waals surface area contributed by atoms with Gasteiger partial charge in [0.2, 0.25) is 5.91 Å².